The summed E-state index contributed by atoms with van der Waals surface area (Å²) in [6, 6.07) is 8.78. The number of amides is 2. The van der Waals surface area contributed by atoms with Crippen LogP contribution in [0, 0.1) is 11.6 Å². The lowest BCUT2D eigenvalue weighted by molar-refractivity contribution is 0.0841. The fourth-order valence-electron chi connectivity index (χ4n) is 2.53. The van der Waals surface area contributed by atoms with Crippen molar-refractivity contribution in [2.24, 2.45) is 0 Å². The number of carbonyl (C=O) groups excluding carboxylic acids is 2. The van der Waals surface area contributed by atoms with Crippen LogP contribution in [0.1, 0.15) is 27.8 Å². The van der Waals surface area contributed by atoms with Crippen LogP contribution in [0.2, 0.25) is 0 Å². The monoisotopic (exact) mass is 372 g/mol. The predicted octanol–water partition coefficient (Wildman–Crippen LogP) is 1.77. The van der Waals surface area contributed by atoms with E-state index < -0.39 is 29.0 Å². The van der Waals surface area contributed by atoms with Gasteiger partial charge in [0.1, 0.15) is 11.6 Å². The summed E-state index contributed by atoms with van der Waals surface area (Å²) in [6.45, 7) is 1.93. The van der Waals surface area contributed by atoms with E-state index in [2.05, 4.69) is 10.5 Å². The first-order chi connectivity index (χ1) is 12.9. The van der Waals surface area contributed by atoms with Crippen LogP contribution in [0.3, 0.4) is 0 Å². The number of fused-ring (bicyclic) bond motifs is 1. The molecule has 2 amide bonds. The molecule has 1 aromatic heterocycles. The number of aromatic nitrogens is 2. The van der Waals surface area contributed by atoms with Gasteiger partial charge in [-0.3, -0.25) is 25.2 Å². The van der Waals surface area contributed by atoms with E-state index in [9.17, 15) is 23.2 Å². The number of carbonyl (C=O) groups is 2. The molecule has 3 aromatic rings. The van der Waals surface area contributed by atoms with Gasteiger partial charge in [-0.25, -0.2) is 13.5 Å². The first-order valence-electron chi connectivity index (χ1n) is 7.98. The summed E-state index contributed by atoms with van der Waals surface area (Å²) in [5.74, 6) is -3.58. The smallest absolute Gasteiger partial charge is 0.267 e. The van der Waals surface area contributed by atoms with Crippen molar-refractivity contribution in [2.45, 2.75) is 13.5 Å². The maximum atomic E-state index is 13.6. The van der Waals surface area contributed by atoms with Gasteiger partial charge in [0.2, 0.25) is 0 Å². The van der Waals surface area contributed by atoms with E-state index in [1.165, 1.54) is 0 Å². The zero-order valence-electron chi connectivity index (χ0n) is 14.1. The van der Waals surface area contributed by atoms with Crippen molar-refractivity contribution in [3.05, 3.63) is 75.7 Å². The van der Waals surface area contributed by atoms with Gasteiger partial charge in [-0.1, -0.05) is 18.2 Å². The van der Waals surface area contributed by atoms with Gasteiger partial charge in [0.15, 0.2) is 5.69 Å². The van der Waals surface area contributed by atoms with Crippen LogP contribution >= 0.6 is 0 Å². The molecule has 9 heteroatoms. The molecule has 7 nitrogen and oxygen atoms in total. The molecule has 0 aliphatic rings. The van der Waals surface area contributed by atoms with Crippen LogP contribution in [-0.4, -0.2) is 21.6 Å². The number of halogens is 2. The zero-order chi connectivity index (χ0) is 19.6. The van der Waals surface area contributed by atoms with Crippen molar-refractivity contribution in [1.82, 2.24) is 20.6 Å². The average Bonchev–Trinajstić information content (AvgIpc) is 2.68. The number of hydrogen-bond acceptors (Lipinski definition) is 4. The highest BCUT2D eigenvalue weighted by Crippen LogP contribution is 2.13. The molecule has 0 unspecified atom stereocenters. The maximum absolute atomic E-state index is 13.6. The Labute approximate surface area is 151 Å². The molecular formula is C18H14F2N4O3. The Morgan fingerprint density at radius 3 is 2.41 bits per heavy atom. The van der Waals surface area contributed by atoms with E-state index in [0.717, 1.165) is 16.8 Å². The molecule has 0 saturated heterocycles. The zero-order valence-corrected chi connectivity index (χ0v) is 14.1. The van der Waals surface area contributed by atoms with Gasteiger partial charge in [-0.2, -0.15) is 5.10 Å². The number of rotatable bonds is 3. The summed E-state index contributed by atoms with van der Waals surface area (Å²) in [7, 11) is 0. The molecule has 0 aliphatic carbocycles. The van der Waals surface area contributed by atoms with Gasteiger partial charge >= 0.3 is 0 Å². The molecule has 0 spiro atoms. The summed E-state index contributed by atoms with van der Waals surface area (Å²) in [5.41, 5.74) is 3.11. The van der Waals surface area contributed by atoms with Crippen LogP contribution in [0.25, 0.3) is 10.8 Å². The van der Waals surface area contributed by atoms with Crippen LogP contribution in [0.5, 0.6) is 0 Å². The molecule has 0 fully saturated rings. The molecule has 2 N–H and O–H groups in total. The summed E-state index contributed by atoms with van der Waals surface area (Å²) in [4.78, 5) is 36.7. The van der Waals surface area contributed by atoms with Crippen LogP contribution < -0.4 is 16.4 Å². The molecule has 0 bridgehead atoms. The third-order valence-electron chi connectivity index (χ3n) is 3.84. The van der Waals surface area contributed by atoms with Gasteiger partial charge in [0, 0.05) is 11.9 Å². The molecule has 3 rings (SSSR count). The fraction of sp³-hybridized carbons (Fsp3) is 0.111. The summed E-state index contributed by atoms with van der Waals surface area (Å²) in [5, 5.41) is 4.60. The van der Waals surface area contributed by atoms with Gasteiger partial charge < -0.3 is 0 Å². The molecule has 1 heterocycles. The van der Waals surface area contributed by atoms with Crippen LogP contribution in [0.4, 0.5) is 8.78 Å². The number of nitrogens with zero attached hydrogens (tertiary/aromatic N) is 2. The number of benzene rings is 2. The minimum atomic E-state index is -1.03. The molecule has 27 heavy (non-hydrogen) atoms. The second-order valence-electron chi connectivity index (χ2n) is 5.55. The van der Waals surface area contributed by atoms with Crippen LogP contribution in [0.15, 0.2) is 47.3 Å². The minimum Gasteiger partial charge on any atom is -0.267 e. The van der Waals surface area contributed by atoms with E-state index in [4.69, 9.17) is 0 Å². The Bertz CT molecular complexity index is 1110. The minimum absolute atomic E-state index is 0.0907. The van der Waals surface area contributed by atoms with E-state index in [0.29, 0.717) is 16.8 Å². The highest BCUT2D eigenvalue weighted by molar-refractivity contribution is 6.06. The van der Waals surface area contributed by atoms with Gasteiger partial charge in [-0.15, -0.1) is 0 Å². The summed E-state index contributed by atoms with van der Waals surface area (Å²) < 4.78 is 27.9. The quantitative estimate of drug-likeness (QED) is 0.686. The maximum Gasteiger partial charge on any atom is 0.290 e. The number of hydrazine groups is 1. The molecular weight excluding hydrogens is 358 g/mol. The van der Waals surface area contributed by atoms with Crippen molar-refractivity contribution in [2.75, 3.05) is 0 Å². The second kappa shape index (κ2) is 7.32. The first kappa shape index (κ1) is 18.2. The van der Waals surface area contributed by atoms with Crippen LogP contribution in [-0.2, 0) is 6.54 Å². The summed E-state index contributed by atoms with van der Waals surface area (Å²) in [6.07, 6.45) is 0. The Morgan fingerprint density at radius 1 is 1.04 bits per heavy atom. The highest BCUT2D eigenvalue weighted by atomic mass is 19.1. The van der Waals surface area contributed by atoms with E-state index in [1.807, 2.05) is 5.43 Å². The first-order valence-corrected chi connectivity index (χ1v) is 7.98. The lowest BCUT2D eigenvalue weighted by atomic mass is 10.1. The second-order valence-corrected chi connectivity index (χ2v) is 5.55. The van der Waals surface area contributed by atoms with Gasteiger partial charge in [0.05, 0.1) is 10.9 Å². The largest absolute Gasteiger partial charge is 0.290 e. The van der Waals surface area contributed by atoms with Crippen molar-refractivity contribution in [3.63, 3.8) is 0 Å². The summed E-state index contributed by atoms with van der Waals surface area (Å²) >= 11 is 0. The normalized spacial score (nSPS) is 10.6. The fourth-order valence-corrected chi connectivity index (χ4v) is 2.53. The topological polar surface area (TPSA) is 93.1 Å². The standard InChI is InChI=1S/C18H14F2N4O3/c1-2-24-18(27)12-6-4-3-5-11(12)15(23-24)17(26)22-21-16(25)13-9-10(19)7-8-14(13)20/h3-9H,2H2,1H3,(H,21,25)(H,22,26). The van der Waals surface area contributed by atoms with E-state index in [-0.39, 0.29) is 17.8 Å². The third kappa shape index (κ3) is 3.52. The average molecular weight is 372 g/mol. The van der Waals surface area contributed by atoms with Gasteiger partial charge in [-0.05, 0) is 31.2 Å². The molecule has 0 atom stereocenters. The predicted molar refractivity (Wildman–Crippen MR) is 93.0 cm³/mol. The van der Waals surface area contributed by atoms with E-state index in [1.54, 1.807) is 31.2 Å². The molecule has 2 aromatic carbocycles. The number of nitrogens with one attached hydrogen (secondary N) is 2. The van der Waals surface area contributed by atoms with Crippen molar-refractivity contribution in [1.29, 1.82) is 0 Å². The highest BCUT2D eigenvalue weighted by Gasteiger charge is 2.18. The molecule has 0 saturated carbocycles. The Morgan fingerprint density at radius 2 is 1.70 bits per heavy atom. The van der Waals surface area contributed by atoms with Crippen molar-refractivity contribution in [3.8, 4) is 0 Å². The third-order valence-corrected chi connectivity index (χ3v) is 3.84. The lowest BCUT2D eigenvalue weighted by Gasteiger charge is -2.11. The molecule has 0 aliphatic heterocycles. The Hall–Kier alpha value is -3.62. The van der Waals surface area contributed by atoms with Crippen molar-refractivity contribution < 1.29 is 18.4 Å². The molecule has 138 valence electrons. The Kier molecular flexibility index (Phi) is 4.93. The lowest BCUT2D eigenvalue weighted by Crippen LogP contribution is -2.43. The van der Waals surface area contributed by atoms with Gasteiger partial charge in [0.25, 0.3) is 17.4 Å². The number of aryl methyl sites for hydroxylation is 1. The Balaban J connectivity index is 1.89. The van der Waals surface area contributed by atoms with E-state index >= 15 is 0 Å². The van der Waals surface area contributed by atoms with Crippen molar-refractivity contribution >= 4 is 22.6 Å². The SMILES string of the molecule is CCn1nc(C(=O)NNC(=O)c2cc(F)ccc2F)c2ccccc2c1=O. The number of hydrogen-bond donors (Lipinski definition) is 2. The molecule has 0 radical (unpaired) electrons.